The van der Waals surface area contributed by atoms with Crippen LogP contribution in [0.2, 0.25) is 0 Å². The molecule has 0 unspecified atom stereocenters. The third-order valence-corrected chi connectivity index (χ3v) is 9.63. The van der Waals surface area contributed by atoms with E-state index >= 15 is 0 Å². The predicted molar refractivity (Wildman–Crippen MR) is 169 cm³/mol. The molecule has 1 aliphatic rings. The maximum atomic E-state index is 14.1. The summed E-state index contributed by atoms with van der Waals surface area (Å²) in [5, 5.41) is 12.6. The zero-order valence-electron chi connectivity index (χ0n) is 24.4. The minimum absolute atomic E-state index is 0.195. The Hall–Kier alpha value is -4.56. The zero-order chi connectivity index (χ0) is 30.9. The molecule has 0 saturated carbocycles. The van der Waals surface area contributed by atoms with E-state index in [0.29, 0.717) is 28.1 Å². The van der Waals surface area contributed by atoms with Gasteiger partial charge in [0.05, 0.1) is 27.7 Å². The number of aliphatic hydroxyl groups excluding tert-OH is 1. The second kappa shape index (κ2) is 14.3. The number of furan rings is 1. The zero-order valence-corrected chi connectivity index (χ0v) is 25.3. The molecule has 2 amide bonds. The van der Waals surface area contributed by atoms with E-state index in [0.717, 1.165) is 38.0 Å². The molecule has 226 valence electrons. The van der Waals surface area contributed by atoms with Crippen molar-refractivity contribution in [2.45, 2.75) is 37.2 Å². The topological polar surface area (TPSA) is 125 Å². The van der Waals surface area contributed by atoms with Crippen molar-refractivity contribution >= 4 is 27.2 Å². The molecule has 2 aromatic carbocycles. The minimum Gasteiger partial charge on any atom is -0.459 e. The normalized spacial score (nSPS) is 15.0. The predicted octanol–water partition coefficient (Wildman–Crippen LogP) is 5.15. The van der Waals surface area contributed by atoms with Gasteiger partial charge in [0.2, 0.25) is 0 Å². The van der Waals surface area contributed by atoms with E-state index in [1.54, 1.807) is 73.8 Å². The third kappa shape index (κ3) is 8.08. The molecule has 9 nitrogen and oxygen atoms in total. The average Bonchev–Trinajstić information content (AvgIpc) is 3.47. The SMILES string of the molecule is Cc1ccoc1C(=O)Nc1cccc(C#Cc2cncc(C(=O)N=[S@](=O)(CCCN3CCC(O)CC3)c3ccccc3)c2)c1. The Morgan fingerprint density at radius 2 is 1.82 bits per heavy atom. The van der Waals surface area contributed by atoms with E-state index in [9.17, 15) is 18.9 Å². The monoisotopic (exact) mass is 610 g/mol. The quantitative estimate of drug-likeness (QED) is 0.265. The lowest BCUT2D eigenvalue weighted by molar-refractivity contribution is 0.0828. The van der Waals surface area contributed by atoms with Gasteiger partial charge < -0.3 is 19.7 Å². The van der Waals surface area contributed by atoms with E-state index in [-0.39, 0.29) is 29.1 Å². The molecule has 2 N–H and O–H groups in total. The van der Waals surface area contributed by atoms with Gasteiger partial charge in [0.15, 0.2) is 5.76 Å². The van der Waals surface area contributed by atoms with Crippen LogP contribution >= 0.6 is 0 Å². The Balaban J connectivity index is 1.31. The van der Waals surface area contributed by atoms with Crippen LogP contribution in [0.5, 0.6) is 0 Å². The molecule has 0 aliphatic carbocycles. The maximum Gasteiger partial charge on any atom is 0.291 e. The number of rotatable bonds is 8. The number of amides is 2. The fourth-order valence-electron chi connectivity index (χ4n) is 4.90. The van der Waals surface area contributed by atoms with Crippen molar-refractivity contribution in [3.63, 3.8) is 0 Å². The van der Waals surface area contributed by atoms with Crippen molar-refractivity contribution in [1.29, 1.82) is 0 Å². The lowest BCUT2D eigenvalue weighted by atomic mass is 10.1. The van der Waals surface area contributed by atoms with Crippen LogP contribution in [0.25, 0.3) is 0 Å². The number of carbonyl (C=O) groups is 2. The molecule has 10 heteroatoms. The van der Waals surface area contributed by atoms with Gasteiger partial charge in [-0.1, -0.05) is 36.1 Å². The number of carbonyl (C=O) groups excluding carboxylic acids is 2. The number of benzene rings is 2. The highest BCUT2D eigenvalue weighted by molar-refractivity contribution is 7.94. The number of hydrogen-bond acceptors (Lipinski definition) is 7. The Morgan fingerprint density at radius 3 is 2.57 bits per heavy atom. The van der Waals surface area contributed by atoms with Crippen LogP contribution in [0, 0.1) is 18.8 Å². The molecule has 0 bridgehead atoms. The molecule has 1 aliphatic heterocycles. The van der Waals surface area contributed by atoms with E-state index in [4.69, 9.17) is 4.42 Å². The lowest BCUT2D eigenvalue weighted by Crippen LogP contribution is -2.36. The van der Waals surface area contributed by atoms with Crippen LogP contribution in [-0.4, -0.2) is 62.5 Å². The van der Waals surface area contributed by atoms with Gasteiger partial charge in [0.25, 0.3) is 11.8 Å². The van der Waals surface area contributed by atoms with Gasteiger partial charge in [-0.3, -0.25) is 14.6 Å². The minimum atomic E-state index is -3.03. The molecule has 1 fully saturated rings. The first-order chi connectivity index (χ1) is 21.3. The fourth-order valence-corrected chi connectivity index (χ4v) is 6.81. The van der Waals surface area contributed by atoms with Crippen molar-refractivity contribution in [1.82, 2.24) is 9.88 Å². The lowest BCUT2D eigenvalue weighted by Gasteiger charge is -2.29. The summed E-state index contributed by atoms with van der Waals surface area (Å²) < 4.78 is 23.7. The number of aryl methyl sites for hydroxylation is 1. The van der Waals surface area contributed by atoms with Crippen LogP contribution in [0.4, 0.5) is 5.69 Å². The van der Waals surface area contributed by atoms with Crippen LogP contribution in [0.3, 0.4) is 0 Å². The Morgan fingerprint density at radius 1 is 1.05 bits per heavy atom. The summed E-state index contributed by atoms with van der Waals surface area (Å²) in [6.07, 6.45) is 6.22. The van der Waals surface area contributed by atoms with Gasteiger partial charge in [-0.15, -0.1) is 0 Å². The Bertz CT molecular complexity index is 1810. The molecule has 1 atom stereocenters. The van der Waals surface area contributed by atoms with Crippen molar-refractivity contribution < 1.29 is 23.3 Å². The van der Waals surface area contributed by atoms with E-state index in [1.165, 1.54) is 12.5 Å². The summed E-state index contributed by atoms with van der Waals surface area (Å²) in [5.41, 5.74) is 2.64. The van der Waals surface area contributed by atoms with Crippen molar-refractivity contribution in [3.05, 3.63) is 113 Å². The molecule has 3 heterocycles. The number of likely N-dealkylation sites (tertiary alicyclic amines) is 1. The van der Waals surface area contributed by atoms with Crippen molar-refractivity contribution in [2.75, 3.05) is 30.7 Å². The second-order valence-electron chi connectivity index (χ2n) is 10.7. The number of anilines is 1. The van der Waals surface area contributed by atoms with Crippen LogP contribution < -0.4 is 5.32 Å². The van der Waals surface area contributed by atoms with Crippen molar-refractivity contribution in [3.8, 4) is 11.8 Å². The van der Waals surface area contributed by atoms with Gasteiger partial charge in [-0.2, -0.15) is 4.36 Å². The molecule has 1 saturated heterocycles. The first-order valence-corrected chi connectivity index (χ1v) is 16.1. The number of piperidine rings is 1. The third-order valence-electron chi connectivity index (χ3n) is 7.32. The van der Waals surface area contributed by atoms with E-state index in [2.05, 4.69) is 31.4 Å². The smallest absolute Gasteiger partial charge is 0.291 e. The number of pyridine rings is 1. The standard InChI is InChI=1S/C34H34N4O5S/c1-25-15-19-43-32(25)34(41)36-29-8-5-7-26(22-29)11-12-27-21-28(24-35-23-27)33(40)37-44(42,31-9-3-2-4-10-31)20-6-16-38-17-13-30(39)14-18-38/h2-5,7-10,15,19,21-24,30,39H,6,13-14,16-18,20H2,1H3,(H,36,41)/t44-/m0/s1. The molecular weight excluding hydrogens is 576 g/mol. The number of nitrogens with zero attached hydrogens (tertiary/aromatic N) is 3. The highest BCUT2D eigenvalue weighted by Gasteiger charge is 2.20. The first kappa shape index (κ1) is 30.9. The summed E-state index contributed by atoms with van der Waals surface area (Å²) in [6.45, 7) is 4.12. The fraction of sp³-hybridized carbons (Fsp3) is 0.265. The second-order valence-corrected chi connectivity index (χ2v) is 13.0. The van der Waals surface area contributed by atoms with Crippen LogP contribution in [0.15, 0.2) is 99.1 Å². The summed E-state index contributed by atoms with van der Waals surface area (Å²) in [5.74, 6) is 5.57. The molecule has 5 rings (SSSR count). The summed E-state index contributed by atoms with van der Waals surface area (Å²) >= 11 is 0. The summed E-state index contributed by atoms with van der Waals surface area (Å²) in [7, 11) is -3.03. The van der Waals surface area contributed by atoms with Gasteiger partial charge in [0, 0.05) is 58.5 Å². The Labute approximate surface area is 257 Å². The van der Waals surface area contributed by atoms with E-state index in [1.807, 2.05) is 6.07 Å². The number of aromatic nitrogens is 1. The van der Waals surface area contributed by atoms with Gasteiger partial charge in [0.1, 0.15) is 0 Å². The van der Waals surface area contributed by atoms with Gasteiger partial charge in [-0.25, -0.2) is 4.21 Å². The van der Waals surface area contributed by atoms with Gasteiger partial charge in [-0.05, 0) is 75.2 Å². The molecule has 2 aromatic heterocycles. The molecule has 4 aromatic rings. The molecular formula is C34H34N4O5S. The van der Waals surface area contributed by atoms with Crippen LogP contribution in [-0.2, 0) is 9.73 Å². The molecule has 44 heavy (non-hydrogen) atoms. The van der Waals surface area contributed by atoms with E-state index < -0.39 is 15.6 Å². The largest absolute Gasteiger partial charge is 0.459 e. The number of aliphatic hydroxyl groups is 1. The Kier molecular flexibility index (Phi) is 10.0. The van der Waals surface area contributed by atoms with Crippen molar-refractivity contribution in [2.24, 2.45) is 4.36 Å². The number of nitrogens with one attached hydrogen (secondary N) is 1. The highest BCUT2D eigenvalue weighted by atomic mass is 32.2. The molecule has 0 spiro atoms. The van der Waals surface area contributed by atoms with Crippen LogP contribution in [0.1, 0.15) is 56.9 Å². The highest BCUT2D eigenvalue weighted by Crippen LogP contribution is 2.19. The summed E-state index contributed by atoms with van der Waals surface area (Å²) in [6, 6.07) is 19.3. The molecule has 0 radical (unpaired) electrons. The average molecular weight is 611 g/mol. The summed E-state index contributed by atoms with van der Waals surface area (Å²) in [4.78, 5) is 32.7. The first-order valence-electron chi connectivity index (χ1n) is 14.5. The van der Waals surface area contributed by atoms with Gasteiger partial charge >= 0.3 is 0 Å². The number of hydrogen-bond donors (Lipinski definition) is 2. The maximum absolute atomic E-state index is 14.1.